The highest BCUT2D eigenvalue weighted by Gasteiger charge is 2.21. The van der Waals surface area contributed by atoms with E-state index in [4.69, 9.17) is 0 Å². The van der Waals surface area contributed by atoms with Crippen LogP contribution >= 0.6 is 0 Å². The van der Waals surface area contributed by atoms with E-state index in [-0.39, 0.29) is 12.1 Å². The van der Waals surface area contributed by atoms with Crippen molar-refractivity contribution in [3.8, 4) is 11.1 Å². The molecule has 0 radical (unpaired) electrons. The fraction of sp³-hybridized carbons (Fsp3) is 0.400. The minimum Gasteiger partial charge on any atom is -0.480 e. The van der Waals surface area contributed by atoms with Gasteiger partial charge in [-0.3, -0.25) is 15.0 Å². The second-order valence-electron chi connectivity index (χ2n) is 9.56. The molecule has 3 rings (SSSR count). The predicted molar refractivity (Wildman–Crippen MR) is 150 cm³/mol. The van der Waals surface area contributed by atoms with Gasteiger partial charge in [-0.15, -0.1) is 0 Å². The number of carbonyl (C=O) groups is 2. The van der Waals surface area contributed by atoms with Crippen LogP contribution in [0.5, 0.6) is 0 Å². The van der Waals surface area contributed by atoms with Crippen LogP contribution in [-0.4, -0.2) is 41.7 Å². The minimum absolute atomic E-state index is 0.103. The highest BCUT2D eigenvalue weighted by molar-refractivity contribution is 5.92. The molecule has 0 aliphatic heterocycles. The van der Waals surface area contributed by atoms with Gasteiger partial charge in [0.25, 0.3) is 0 Å². The number of hydrogen-bond donors (Lipinski definition) is 4. The molecule has 0 saturated heterocycles. The topological polar surface area (TPSA) is 97.5 Å². The lowest BCUT2D eigenvalue weighted by atomic mass is 9.99. The molecule has 0 saturated carbocycles. The lowest BCUT2D eigenvalue weighted by Crippen LogP contribution is -2.40. The number of carbonyl (C=O) groups excluding carboxylic acids is 1. The predicted octanol–water partition coefficient (Wildman–Crippen LogP) is 6.14. The lowest BCUT2D eigenvalue weighted by molar-refractivity contribution is -0.139. The number of aromatic nitrogens is 1. The molecule has 198 valence electrons. The first-order valence-corrected chi connectivity index (χ1v) is 13.2. The summed E-state index contributed by atoms with van der Waals surface area (Å²) < 4.78 is 0. The molecule has 2 unspecified atom stereocenters. The van der Waals surface area contributed by atoms with Gasteiger partial charge in [0.1, 0.15) is 6.04 Å². The number of carboxylic acid groups (broad SMARTS) is 1. The Balaban J connectivity index is 1.59. The van der Waals surface area contributed by atoms with Crippen molar-refractivity contribution < 1.29 is 14.7 Å². The summed E-state index contributed by atoms with van der Waals surface area (Å²) in [6.07, 6.45) is 8.00. The van der Waals surface area contributed by atoms with Crippen molar-refractivity contribution in [1.82, 2.24) is 15.6 Å². The van der Waals surface area contributed by atoms with Crippen molar-refractivity contribution in [3.63, 3.8) is 0 Å². The smallest absolute Gasteiger partial charge is 0.321 e. The van der Waals surface area contributed by atoms with Crippen molar-refractivity contribution >= 4 is 17.7 Å². The van der Waals surface area contributed by atoms with Crippen molar-refractivity contribution in [1.29, 1.82) is 0 Å². The van der Waals surface area contributed by atoms with Gasteiger partial charge < -0.3 is 15.4 Å². The number of nitrogens with zero attached hydrogens (tertiary/aromatic N) is 1. The second-order valence-corrected chi connectivity index (χ2v) is 9.56. The third-order valence-corrected chi connectivity index (χ3v) is 6.66. The maximum Gasteiger partial charge on any atom is 0.321 e. The van der Waals surface area contributed by atoms with Crippen molar-refractivity contribution in [2.24, 2.45) is 0 Å². The molecule has 1 aromatic heterocycles. The Morgan fingerprint density at radius 1 is 0.973 bits per heavy atom. The van der Waals surface area contributed by atoms with E-state index in [1.807, 2.05) is 73.8 Å². The highest BCUT2D eigenvalue weighted by Crippen LogP contribution is 2.25. The Hall–Kier alpha value is -3.58. The number of H-pyrrole nitrogens is 1. The minimum atomic E-state index is -0.877. The maximum atomic E-state index is 12.6. The molecular formula is C30H40N4O3. The first kappa shape index (κ1) is 28.0. The van der Waals surface area contributed by atoms with Crippen LogP contribution in [0.4, 0.5) is 10.5 Å². The Morgan fingerprint density at radius 2 is 1.73 bits per heavy atom. The second kappa shape index (κ2) is 14.2. The number of benzene rings is 2. The standard InChI is InChI=1S/C30H40N4O3/c1-4-5-6-7-8-18-32-30(37)34(3)26-12-9-11-25(21-26)24-16-14-23(15-17-24)20-28(29(35)36)33-22(2)27-13-10-19-31-27/h9-17,19,21-22,28,31,33H,4-8,18,20H2,1-3H3,(H,32,37)(H,35,36). The highest BCUT2D eigenvalue weighted by atomic mass is 16.4. The zero-order valence-electron chi connectivity index (χ0n) is 22.2. The number of amides is 2. The van der Waals surface area contributed by atoms with Crippen LogP contribution in [0.25, 0.3) is 11.1 Å². The number of urea groups is 1. The third kappa shape index (κ3) is 8.50. The summed E-state index contributed by atoms with van der Waals surface area (Å²) in [5.74, 6) is -0.877. The van der Waals surface area contributed by atoms with Gasteiger partial charge in [0, 0.05) is 37.2 Å². The maximum absolute atomic E-state index is 12.6. The van der Waals surface area contributed by atoms with Crippen LogP contribution < -0.4 is 15.5 Å². The molecule has 0 fully saturated rings. The molecule has 37 heavy (non-hydrogen) atoms. The monoisotopic (exact) mass is 504 g/mol. The van der Waals surface area contributed by atoms with Gasteiger partial charge in [-0.1, -0.05) is 69.0 Å². The van der Waals surface area contributed by atoms with E-state index in [9.17, 15) is 14.7 Å². The van der Waals surface area contributed by atoms with E-state index in [0.717, 1.165) is 40.9 Å². The average Bonchev–Trinajstić information content (AvgIpc) is 3.45. The first-order valence-electron chi connectivity index (χ1n) is 13.2. The molecule has 2 atom stereocenters. The van der Waals surface area contributed by atoms with Crippen LogP contribution in [0.3, 0.4) is 0 Å². The largest absolute Gasteiger partial charge is 0.480 e. The van der Waals surface area contributed by atoms with E-state index in [0.29, 0.717) is 13.0 Å². The van der Waals surface area contributed by atoms with Gasteiger partial charge in [-0.05, 0) is 60.7 Å². The zero-order chi connectivity index (χ0) is 26.6. The molecule has 0 spiro atoms. The Bertz CT molecular complexity index is 1110. The number of aliphatic carboxylic acids is 1. The quantitative estimate of drug-likeness (QED) is 0.198. The fourth-order valence-electron chi connectivity index (χ4n) is 4.35. The summed E-state index contributed by atoms with van der Waals surface area (Å²) in [4.78, 5) is 29.2. The van der Waals surface area contributed by atoms with E-state index < -0.39 is 12.0 Å². The number of nitrogens with one attached hydrogen (secondary N) is 3. The fourth-order valence-corrected chi connectivity index (χ4v) is 4.35. The molecule has 0 aliphatic rings. The lowest BCUT2D eigenvalue weighted by Gasteiger charge is -2.20. The number of aromatic amines is 1. The van der Waals surface area contributed by atoms with Crippen LogP contribution in [0, 0.1) is 0 Å². The molecule has 0 aliphatic carbocycles. The van der Waals surface area contributed by atoms with E-state index in [2.05, 4.69) is 22.5 Å². The Labute approximate surface area is 220 Å². The van der Waals surface area contributed by atoms with Crippen molar-refractivity contribution in [3.05, 3.63) is 78.1 Å². The zero-order valence-corrected chi connectivity index (χ0v) is 22.2. The molecule has 2 aromatic carbocycles. The third-order valence-electron chi connectivity index (χ3n) is 6.66. The molecule has 1 heterocycles. The van der Waals surface area contributed by atoms with Gasteiger partial charge in [-0.2, -0.15) is 0 Å². The van der Waals surface area contributed by atoms with Gasteiger partial charge in [0.15, 0.2) is 0 Å². The number of anilines is 1. The first-order chi connectivity index (χ1) is 17.9. The SMILES string of the molecule is CCCCCCCNC(=O)N(C)c1cccc(-c2ccc(CC(NC(C)c3ccc[nH]3)C(=O)O)cc2)c1. The Morgan fingerprint density at radius 3 is 2.41 bits per heavy atom. The van der Waals surface area contributed by atoms with E-state index in [1.165, 1.54) is 19.3 Å². The normalized spacial score (nSPS) is 12.6. The molecular weight excluding hydrogens is 464 g/mol. The summed E-state index contributed by atoms with van der Waals surface area (Å²) in [6, 6.07) is 18.7. The van der Waals surface area contributed by atoms with Crippen molar-refractivity contribution in [2.75, 3.05) is 18.5 Å². The van der Waals surface area contributed by atoms with E-state index in [1.54, 1.807) is 11.9 Å². The molecule has 7 heteroatoms. The molecule has 3 aromatic rings. The molecule has 7 nitrogen and oxygen atoms in total. The summed E-state index contributed by atoms with van der Waals surface area (Å²) >= 11 is 0. The Kier molecular flexibility index (Phi) is 10.8. The van der Waals surface area contributed by atoms with Crippen molar-refractivity contribution in [2.45, 2.75) is 64.5 Å². The van der Waals surface area contributed by atoms with Crippen LogP contribution in [0.15, 0.2) is 66.9 Å². The average molecular weight is 505 g/mol. The van der Waals surface area contributed by atoms with Crippen LogP contribution in [0.2, 0.25) is 0 Å². The summed E-state index contributed by atoms with van der Waals surface area (Å²) in [5, 5.41) is 15.9. The van der Waals surface area contributed by atoms with Gasteiger partial charge >= 0.3 is 12.0 Å². The van der Waals surface area contributed by atoms with Crippen LogP contribution in [-0.2, 0) is 11.2 Å². The molecule has 0 bridgehead atoms. The number of unbranched alkanes of at least 4 members (excludes halogenated alkanes) is 4. The van der Waals surface area contributed by atoms with E-state index >= 15 is 0 Å². The molecule has 4 N–H and O–H groups in total. The summed E-state index contributed by atoms with van der Waals surface area (Å²) in [6.45, 7) is 4.83. The number of rotatable bonds is 14. The molecule has 2 amide bonds. The van der Waals surface area contributed by atoms with Gasteiger partial charge in [0.05, 0.1) is 0 Å². The van der Waals surface area contributed by atoms with Gasteiger partial charge in [-0.25, -0.2) is 4.79 Å². The number of carboxylic acids is 1. The summed E-state index contributed by atoms with van der Waals surface area (Å²) in [7, 11) is 1.78. The summed E-state index contributed by atoms with van der Waals surface area (Å²) in [5.41, 5.74) is 4.71. The number of hydrogen-bond acceptors (Lipinski definition) is 3. The van der Waals surface area contributed by atoms with Crippen LogP contribution in [0.1, 0.15) is 63.3 Å². The van der Waals surface area contributed by atoms with Gasteiger partial charge in [0.2, 0.25) is 0 Å².